The number of hydrogen-bond donors (Lipinski definition) is 3. The molecule has 1 aromatic heterocycles. The number of likely N-dealkylation sites (tertiary alicyclic amines) is 1. The third-order valence-electron chi connectivity index (χ3n) is 4.94. The fourth-order valence-corrected chi connectivity index (χ4v) is 3.31. The van der Waals surface area contributed by atoms with Gasteiger partial charge in [-0.3, -0.25) is 4.79 Å². The Morgan fingerprint density at radius 2 is 2.19 bits per heavy atom. The van der Waals surface area contributed by atoms with Crippen LogP contribution in [0, 0.1) is 0 Å². The lowest BCUT2D eigenvalue weighted by Crippen LogP contribution is -2.55. The lowest BCUT2D eigenvalue weighted by molar-refractivity contribution is 0.0773. The Labute approximate surface area is 125 Å². The molecule has 2 heterocycles. The van der Waals surface area contributed by atoms with Crippen molar-refractivity contribution in [3.05, 3.63) is 23.5 Å². The van der Waals surface area contributed by atoms with E-state index in [1.54, 1.807) is 0 Å². The van der Waals surface area contributed by atoms with Crippen LogP contribution in [0.15, 0.2) is 12.3 Å². The third-order valence-corrected chi connectivity index (χ3v) is 4.94. The molecular weight excluding hydrogens is 266 g/mol. The van der Waals surface area contributed by atoms with Crippen LogP contribution in [0.4, 0.5) is 0 Å². The molecule has 2 fully saturated rings. The molecule has 0 unspecified atom stereocenters. The molecule has 5 nitrogen and oxygen atoms in total. The number of aliphatic hydroxyl groups excluding tert-OH is 1. The molecule has 0 atom stereocenters. The van der Waals surface area contributed by atoms with Crippen molar-refractivity contribution in [3.8, 4) is 0 Å². The van der Waals surface area contributed by atoms with E-state index in [1.807, 2.05) is 12.3 Å². The Morgan fingerprint density at radius 1 is 1.48 bits per heavy atom. The molecular formula is C16H25N3O2. The molecule has 1 aromatic rings. The Balaban J connectivity index is 1.73. The van der Waals surface area contributed by atoms with Crippen molar-refractivity contribution in [2.75, 3.05) is 26.7 Å². The minimum absolute atomic E-state index is 0.0140. The summed E-state index contributed by atoms with van der Waals surface area (Å²) in [5.41, 5.74) is 1.61. The molecule has 3 N–H and O–H groups in total. The van der Waals surface area contributed by atoms with Crippen molar-refractivity contribution < 1.29 is 9.90 Å². The number of piperidine rings is 1. The highest BCUT2D eigenvalue weighted by atomic mass is 16.3. The number of nitrogens with one attached hydrogen (secondary N) is 2. The summed E-state index contributed by atoms with van der Waals surface area (Å²) in [4.78, 5) is 18.0. The summed E-state index contributed by atoms with van der Waals surface area (Å²) in [5, 5.41) is 12.6. The van der Waals surface area contributed by atoms with E-state index in [1.165, 1.54) is 12.8 Å². The first kappa shape index (κ1) is 14.6. The van der Waals surface area contributed by atoms with Gasteiger partial charge in [0.15, 0.2) is 0 Å². The van der Waals surface area contributed by atoms with Gasteiger partial charge in [-0.05, 0) is 56.7 Å². The van der Waals surface area contributed by atoms with E-state index in [0.717, 1.165) is 31.5 Å². The topological polar surface area (TPSA) is 68.4 Å². The summed E-state index contributed by atoms with van der Waals surface area (Å²) in [6.07, 6.45) is 6.65. The van der Waals surface area contributed by atoms with Crippen molar-refractivity contribution in [3.63, 3.8) is 0 Å². The number of aromatic nitrogens is 1. The van der Waals surface area contributed by atoms with Gasteiger partial charge in [0.2, 0.25) is 0 Å². The summed E-state index contributed by atoms with van der Waals surface area (Å²) in [6.45, 7) is 2.03. The number of aliphatic hydroxyl groups is 1. The average Bonchev–Trinajstić information content (AvgIpc) is 3.19. The number of aromatic amines is 1. The van der Waals surface area contributed by atoms with E-state index >= 15 is 0 Å². The second kappa shape index (κ2) is 5.81. The van der Waals surface area contributed by atoms with Crippen LogP contribution in [0.5, 0.6) is 0 Å². The van der Waals surface area contributed by atoms with Crippen LogP contribution in [0.3, 0.4) is 0 Å². The maximum Gasteiger partial charge on any atom is 0.268 e. The molecule has 5 heteroatoms. The molecule has 1 saturated heterocycles. The fraction of sp³-hybridized carbons (Fsp3) is 0.688. The molecule has 21 heavy (non-hydrogen) atoms. The number of rotatable bonds is 5. The maximum absolute atomic E-state index is 12.7. The number of hydrogen-bond acceptors (Lipinski definition) is 3. The van der Waals surface area contributed by atoms with Gasteiger partial charge in [-0.25, -0.2) is 0 Å². The zero-order valence-electron chi connectivity index (χ0n) is 12.7. The molecule has 1 aliphatic heterocycles. The molecule has 1 saturated carbocycles. The first-order valence-electron chi connectivity index (χ1n) is 7.93. The van der Waals surface area contributed by atoms with Gasteiger partial charge in [-0.2, -0.15) is 0 Å². The van der Waals surface area contributed by atoms with E-state index in [9.17, 15) is 9.90 Å². The normalized spacial score (nSPS) is 22.2. The van der Waals surface area contributed by atoms with E-state index < -0.39 is 0 Å². The number of carbonyl (C=O) groups excluding carboxylic acids is 1. The van der Waals surface area contributed by atoms with Gasteiger partial charge >= 0.3 is 0 Å². The highest BCUT2D eigenvalue weighted by Gasteiger charge is 2.36. The summed E-state index contributed by atoms with van der Waals surface area (Å²) in [7, 11) is 2.10. The molecule has 0 spiro atoms. The average molecular weight is 291 g/mol. The van der Waals surface area contributed by atoms with Gasteiger partial charge in [0.05, 0.1) is 0 Å². The van der Waals surface area contributed by atoms with Crippen LogP contribution in [-0.2, 0) is 0 Å². The Bertz CT molecular complexity index is 499. The SMILES string of the molecule is CN1CCC(CCO)(NC(=O)c2[nH]ccc2C2CC2)CC1. The van der Waals surface area contributed by atoms with Crippen LogP contribution in [0.1, 0.15) is 54.1 Å². The van der Waals surface area contributed by atoms with Gasteiger partial charge in [0.25, 0.3) is 5.91 Å². The number of H-pyrrole nitrogens is 1. The molecule has 3 rings (SSSR count). The second-order valence-corrected chi connectivity index (χ2v) is 6.59. The Hall–Kier alpha value is -1.33. The number of amides is 1. The van der Waals surface area contributed by atoms with Gasteiger partial charge in [0, 0.05) is 31.4 Å². The minimum Gasteiger partial charge on any atom is -0.396 e. The van der Waals surface area contributed by atoms with Crippen molar-refractivity contribution in [2.45, 2.75) is 43.6 Å². The van der Waals surface area contributed by atoms with Crippen molar-refractivity contribution in [1.82, 2.24) is 15.2 Å². The standard InChI is InChI=1S/C16H25N3O2/c1-19-9-5-16(6-10-19,7-11-20)18-15(21)14-13(4-8-17-14)12-2-3-12/h4,8,12,17,20H,2-3,5-7,9-11H2,1H3,(H,18,21). The zero-order chi connectivity index (χ0) is 14.9. The Kier molecular flexibility index (Phi) is 4.04. The van der Waals surface area contributed by atoms with Gasteiger partial charge in [-0.1, -0.05) is 0 Å². The number of carbonyl (C=O) groups is 1. The van der Waals surface area contributed by atoms with Crippen molar-refractivity contribution >= 4 is 5.91 Å². The molecule has 1 aliphatic carbocycles. The quantitative estimate of drug-likeness (QED) is 0.769. The summed E-state index contributed by atoms with van der Waals surface area (Å²) >= 11 is 0. The number of nitrogens with zero attached hydrogens (tertiary/aromatic N) is 1. The first-order valence-corrected chi connectivity index (χ1v) is 7.93. The van der Waals surface area contributed by atoms with Crippen molar-refractivity contribution in [2.24, 2.45) is 0 Å². The van der Waals surface area contributed by atoms with Gasteiger partial charge in [0.1, 0.15) is 5.69 Å². The molecule has 2 aliphatic rings. The predicted octanol–water partition coefficient (Wildman–Crippen LogP) is 1.47. The largest absolute Gasteiger partial charge is 0.396 e. The van der Waals surface area contributed by atoms with Crippen LogP contribution in [0.2, 0.25) is 0 Å². The van der Waals surface area contributed by atoms with Crippen molar-refractivity contribution in [1.29, 1.82) is 0 Å². The third kappa shape index (κ3) is 3.14. The summed E-state index contributed by atoms with van der Waals surface area (Å²) in [5.74, 6) is 0.545. The monoisotopic (exact) mass is 291 g/mol. The van der Waals surface area contributed by atoms with Crippen LogP contribution in [-0.4, -0.2) is 53.2 Å². The van der Waals surface area contributed by atoms with E-state index in [-0.39, 0.29) is 18.1 Å². The molecule has 0 bridgehead atoms. The van der Waals surface area contributed by atoms with Crippen LogP contribution >= 0.6 is 0 Å². The highest BCUT2D eigenvalue weighted by Crippen LogP contribution is 2.41. The minimum atomic E-state index is -0.260. The highest BCUT2D eigenvalue weighted by molar-refractivity contribution is 5.94. The van der Waals surface area contributed by atoms with E-state index in [0.29, 0.717) is 18.0 Å². The smallest absolute Gasteiger partial charge is 0.268 e. The molecule has 1 amide bonds. The Morgan fingerprint density at radius 3 is 2.81 bits per heavy atom. The van der Waals surface area contributed by atoms with E-state index in [4.69, 9.17) is 0 Å². The van der Waals surface area contributed by atoms with Gasteiger partial charge in [-0.15, -0.1) is 0 Å². The lowest BCUT2D eigenvalue weighted by Gasteiger charge is -2.41. The fourth-order valence-electron chi connectivity index (χ4n) is 3.31. The zero-order valence-corrected chi connectivity index (χ0v) is 12.7. The molecule has 0 aromatic carbocycles. The first-order chi connectivity index (χ1) is 10.1. The summed E-state index contributed by atoms with van der Waals surface area (Å²) in [6, 6.07) is 2.03. The van der Waals surface area contributed by atoms with E-state index in [2.05, 4.69) is 22.2 Å². The van der Waals surface area contributed by atoms with Crippen LogP contribution in [0.25, 0.3) is 0 Å². The lowest BCUT2D eigenvalue weighted by atomic mass is 9.84. The molecule has 116 valence electrons. The maximum atomic E-state index is 12.7. The van der Waals surface area contributed by atoms with Crippen LogP contribution < -0.4 is 5.32 Å². The summed E-state index contributed by atoms with van der Waals surface area (Å²) < 4.78 is 0. The predicted molar refractivity (Wildman–Crippen MR) is 81.4 cm³/mol. The van der Waals surface area contributed by atoms with Gasteiger partial charge < -0.3 is 20.3 Å². The molecule has 0 radical (unpaired) electrons. The second-order valence-electron chi connectivity index (χ2n) is 6.59.